The van der Waals surface area contributed by atoms with Gasteiger partial charge in [-0.2, -0.15) is 4.31 Å². The van der Waals surface area contributed by atoms with E-state index in [4.69, 9.17) is 9.26 Å². The molecule has 0 saturated carbocycles. The molecule has 178 valence electrons. The molecule has 11 heteroatoms. The Morgan fingerprint density at radius 1 is 1.25 bits per heavy atom. The van der Waals surface area contributed by atoms with Crippen LogP contribution in [0.2, 0.25) is 0 Å². The predicted molar refractivity (Wildman–Crippen MR) is 135 cm³/mol. The summed E-state index contributed by atoms with van der Waals surface area (Å²) >= 11 is 0. The molecule has 1 aliphatic rings. The van der Waals surface area contributed by atoms with Gasteiger partial charge in [0.2, 0.25) is 10.0 Å². The van der Waals surface area contributed by atoms with Crippen LogP contribution in [0, 0.1) is 0 Å². The number of unbranched alkanes of at least 4 members (excludes halogenated alkanes) is 1. The minimum absolute atomic E-state index is 0. The lowest BCUT2D eigenvalue weighted by atomic mass is 10.2. The van der Waals surface area contributed by atoms with Crippen LogP contribution in [0.15, 0.2) is 46.1 Å². The van der Waals surface area contributed by atoms with Gasteiger partial charge in [-0.15, -0.1) is 24.0 Å². The molecular formula is C21H32IN5O4S. The molecule has 3 rings (SSSR count). The summed E-state index contributed by atoms with van der Waals surface area (Å²) in [5.41, 5.74) is 1.52. The highest BCUT2D eigenvalue weighted by atomic mass is 127. The van der Waals surface area contributed by atoms with Crippen LogP contribution in [-0.2, 0) is 22.3 Å². The first-order chi connectivity index (χ1) is 15.0. The third-order valence-corrected chi connectivity index (χ3v) is 6.89. The van der Waals surface area contributed by atoms with Crippen LogP contribution in [0.5, 0.6) is 5.75 Å². The zero-order valence-corrected chi connectivity index (χ0v) is 21.7. The van der Waals surface area contributed by atoms with Crippen LogP contribution in [0.25, 0.3) is 0 Å². The smallest absolute Gasteiger partial charge is 0.220 e. The van der Waals surface area contributed by atoms with E-state index in [1.54, 1.807) is 13.1 Å². The molecular weight excluding hydrogens is 545 g/mol. The standard InChI is InChI=1S/C21H31N5O4S.HI/c1-3-4-13-29-20-7-5-6-18(15-20)16-23-21(22-2)25-9-11-26(12-10-25)31(27,28)17-19-8-14-30-24-19;/h5-8,14-15H,3-4,9-13,16-17H2,1-2H3,(H,22,23);1H. The van der Waals surface area contributed by atoms with Gasteiger partial charge >= 0.3 is 0 Å². The normalized spacial score (nSPS) is 15.3. The Hall–Kier alpha value is -1.86. The fraction of sp³-hybridized carbons (Fsp3) is 0.524. The first-order valence-electron chi connectivity index (χ1n) is 10.6. The fourth-order valence-electron chi connectivity index (χ4n) is 3.36. The molecule has 1 aromatic heterocycles. The number of nitrogens with one attached hydrogen (secondary N) is 1. The summed E-state index contributed by atoms with van der Waals surface area (Å²) in [5, 5.41) is 7.07. The molecule has 0 atom stereocenters. The fourth-order valence-corrected chi connectivity index (χ4v) is 4.79. The van der Waals surface area contributed by atoms with E-state index in [0.29, 0.717) is 38.4 Å². The number of sulfonamides is 1. The minimum Gasteiger partial charge on any atom is -0.494 e. The molecule has 1 aromatic carbocycles. The van der Waals surface area contributed by atoms with Gasteiger partial charge in [0.15, 0.2) is 5.96 Å². The SMILES string of the molecule is CCCCOc1cccc(CNC(=NC)N2CCN(S(=O)(=O)Cc3ccon3)CC2)c1.I. The maximum Gasteiger partial charge on any atom is 0.220 e. The van der Waals surface area contributed by atoms with Crippen molar-refractivity contribution in [3.05, 3.63) is 47.9 Å². The topological polar surface area (TPSA) is 100 Å². The number of ether oxygens (including phenoxy) is 1. The van der Waals surface area contributed by atoms with E-state index < -0.39 is 10.0 Å². The monoisotopic (exact) mass is 577 g/mol. The van der Waals surface area contributed by atoms with E-state index in [1.807, 2.05) is 24.3 Å². The highest BCUT2D eigenvalue weighted by molar-refractivity contribution is 14.0. The predicted octanol–water partition coefficient (Wildman–Crippen LogP) is 2.69. The molecule has 0 radical (unpaired) electrons. The van der Waals surface area contributed by atoms with Crippen molar-refractivity contribution in [2.24, 2.45) is 4.99 Å². The third kappa shape index (κ3) is 7.62. The highest BCUT2D eigenvalue weighted by Crippen LogP contribution is 2.15. The van der Waals surface area contributed by atoms with Crippen LogP contribution < -0.4 is 10.1 Å². The van der Waals surface area contributed by atoms with Crippen LogP contribution in [0.3, 0.4) is 0 Å². The number of halogens is 1. The lowest BCUT2D eigenvalue weighted by molar-refractivity contribution is 0.259. The van der Waals surface area contributed by atoms with E-state index in [-0.39, 0.29) is 29.7 Å². The maximum atomic E-state index is 12.6. The molecule has 1 N–H and O–H groups in total. The number of aromatic nitrogens is 1. The largest absolute Gasteiger partial charge is 0.494 e. The summed E-state index contributed by atoms with van der Waals surface area (Å²) in [5.74, 6) is 1.48. The third-order valence-electron chi connectivity index (χ3n) is 5.08. The Morgan fingerprint density at radius 3 is 2.69 bits per heavy atom. The average Bonchev–Trinajstić information content (AvgIpc) is 3.27. The van der Waals surface area contributed by atoms with Crippen molar-refractivity contribution in [1.82, 2.24) is 19.7 Å². The minimum atomic E-state index is -3.42. The van der Waals surface area contributed by atoms with Gasteiger partial charge in [0.1, 0.15) is 17.8 Å². The molecule has 1 aliphatic heterocycles. The number of hydrogen-bond donors (Lipinski definition) is 1. The molecule has 2 heterocycles. The first-order valence-corrected chi connectivity index (χ1v) is 12.2. The van der Waals surface area contributed by atoms with Gasteiger partial charge in [-0.25, -0.2) is 8.42 Å². The van der Waals surface area contributed by atoms with Gasteiger partial charge in [0.05, 0.1) is 12.3 Å². The van der Waals surface area contributed by atoms with Crippen molar-refractivity contribution in [2.45, 2.75) is 32.1 Å². The zero-order chi connectivity index (χ0) is 22.1. The molecule has 1 fully saturated rings. The van der Waals surface area contributed by atoms with Crippen molar-refractivity contribution in [3.8, 4) is 5.75 Å². The molecule has 9 nitrogen and oxygen atoms in total. The van der Waals surface area contributed by atoms with Gasteiger partial charge in [0.25, 0.3) is 0 Å². The van der Waals surface area contributed by atoms with Crippen molar-refractivity contribution >= 4 is 40.0 Å². The van der Waals surface area contributed by atoms with Crippen LogP contribution in [0.1, 0.15) is 31.0 Å². The average molecular weight is 577 g/mol. The van der Waals surface area contributed by atoms with Crippen molar-refractivity contribution < 1.29 is 17.7 Å². The summed E-state index contributed by atoms with van der Waals surface area (Å²) in [6.07, 6.45) is 3.52. The van der Waals surface area contributed by atoms with Crippen molar-refractivity contribution in [2.75, 3.05) is 39.8 Å². The molecule has 0 aliphatic carbocycles. The van der Waals surface area contributed by atoms with Gasteiger partial charge in [-0.1, -0.05) is 30.6 Å². The number of rotatable bonds is 9. The number of hydrogen-bond acceptors (Lipinski definition) is 6. The molecule has 0 amide bonds. The molecule has 2 aromatic rings. The zero-order valence-electron chi connectivity index (χ0n) is 18.6. The number of guanidine groups is 1. The summed E-state index contributed by atoms with van der Waals surface area (Å²) < 4.78 is 37.2. The number of nitrogens with zero attached hydrogens (tertiary/aromatic N) is 4. The second kappa shape index (κ2) is 13.0. The van der Waals surface area contributed by atoms with Gasteiger partial charge in [-0.05, 0) is 24.1 Å². The highest BCUT2D eigenvalue weighted by Gasteiger charge is 2.28. The lowest BCUT2D eigenvalue weighted by Gasteiger charge is -2.35. The molecule has 32 heavy (non-hydrogen) atoms. The molecule has 0 unspecified atom stereocenters. The van der Waals surface area contributed by atoms with Crippen molar-refractivity contribution in [1.29, 1.82) is 0 Å². The number of aliphatic imine (C=N–C) groups is 1. The van der Waals surface area contributed by atoms with Crippen LogP contribution in [-0.4, -0.2) is 68.6 Å². The summed E-state index contributed by atoms with van der Waals surface area (Å²) in [4.78, 5) is 6.44. The Labute approximate surface area is 207 Å². The Bertz CT molecular complexity index is 945. The summed E-state index contributed by atoms with van der Waals surface area (Å²) in [6, 6.07) is 9.60. The van der Waals surface area contributed by atoms with Crippen molar-refractivity contribution in [3.63, 3.8) is 0 Å². The molecule has 0 spiro atoms. The van der Waals surface area contributed by atoms with E-state index >= 15 is 0 Å². The van der Waals surface area contributed by atoms with Crippen LogP contribution in [0.4, 0.5) is 0 Å². The second-order valence-corrected chi connectivity index (χ2v) is 9.35. The number of benzene rings is 1. The first kappa shape index (κ1) is 26.4. The Morgan fingerprint density at radius 2 is 2.03 bits per heavy atom. The van der Waals surface area contributed by atoms with Gasteiger partial charge in [0, 0.05) is 45.8 Å². The van der Waals surface area contributed by atoms with Crippen LogP contribution >= 0.6 is 24.0 Å². The summed E-state index contributed by atoms with van der Waals surface area (Å²) in [7, 11) is -1.69. The van der Waals surface area contributed by atoms with E-state index in [2.05, 4.69) is 27.3 Å². The Kier molecular flexibility index (Phi) is 10.7. The molecule has 1 saturated heterocycles. The van der Waals surface area contributed by atoms with E-state index in [0.717, 1.165) is 36.7 Å². The molecule has 0 bridgehead atoms. The van der Waals surface area contributed by atoms with Gasteiger partial charge in [-0.3, -0.25) is 4.99 Å². The summed E-state index contributed by atoms with van der Waals surface area (Å²) in [6.45, 7) is 5.42. The second-order valence-electron chi connectivity index (χ2n) is 7.38. The lowest BCUT2D eigenvalue weighted by Crippen LogP contribution is -2.53. The Balaban J connectivity index is 0.00000363. The maximum absolute atomic E-state index is 12.6. The van der Waals surface area contributed by atoms with E-state index in [1.165, 1.54) is 10.6 Å². The number of piperazine rings is 1. The van der Waals surface area contributed by atoms with Gasteiger partial charge < -0.3 is 19.5 Å². The van der Waals surface area contributed by atoms with E-state index in [9.17, 15) is 8.42 Å². The quantitative estimate of drug-likeness (QED) is 0.212.